The first kappa shape index (κ1) is 11.7. The first-order chi connectivity index (χ1) is 5.82. The predicted octanol–water partition coefficient (Wildman–Crippen LogP) is 3.29. The molecule has 0 aliphatic rings. The standard InChI is InChI=1S/C7H5BrClIO2S/c1-4-2-5(8)3-6(10)7(4)13(9,11)12/h2-3H,1H3. The third-order valence-corrected chi connectivity index (χ3v) is 4.60. The van der Waals surface area contributed by atoms with Gasteiger partial charge in [-0.2, -0.15) is 0 Å². The maximum atomic E-state index is 11.1. The van der Waals surface area contributed by atoms with Crippen LogP contribution in [-0.4, -0.2) is 8.42 Å². The van der Waals surface area contributed by atoms with Gasteiger partial charge in [0.2, 0.25) is 0 Å². The van der Waals surface area contributed by atoms with Gasteiger partial charge < -0.3 is 0 Å². The third kappa shape index (κ3) is 2.81. The normalized spacial score (nSPS) is 11.7. The lowest BCUT2D eigenvalue weighted by atomic mass is 10.2. The lowest BCUT2D eigenvalue weighted by Gasteiger charge is -2.05. The van der Waals surface area contributed by atoms with Crippen LogP contribution >= 0.6 is 49.2 Å². The topological polar surface area (TPSA) is 34.1 Å². The van der Waals surface area contributed by atoms with Gasteiger partial charge >= 0.3 is 0 Å². The number of hydrogen-bond donors (Lipinski definition) is 0. The van der Waals surface area contributed by atoms with Gasteiger partial charge in [0.15, 0.2) is 0 Å². The van der Waals surface area contributed by atoms with Crippen LogP contribution in [0, 0.1) is 10.5 Å². The van der Waals surface area contributed by atoms with Gasteiger partial charge in [0.05, 0.1) is 4.90 Å². The molecule has 0 atom stereocenters. The summed E-state index contributed by atoms with van der Waals surface area (Å²) in [6.45, 7) is 1.71. The summed E-state index contributed by atoms with van der Waals surface area (Å²) in [5, 5.41) is 0. The predicted molar refractivity (Wildman–Crippen MR) is 64.6 cm³/mol. The summed E-state index contributed by atoms with van der Waals surface area (Å²) in [6.07, 6.45) is 0. The van der Waals surface area contributed by atoms with Crippen molar-refractivity contribution in [2.24, 2.45) is 0 Å². The summed E-state index contributed by atoms with van der Waals surface area (Å²) in [4.78, 5) is 0.193. The van der Waals surface area contributed by atoms with E-state index in [9.17, 15) is 8.42 Å². The highest BCUT2D eigenvalue weighted by Gasteiger charge is 2.17. The number of aryl methyl sites for hydroxylation is 1. The van der Waals surface area contributed by atoms with E-state index >= 15 is 0 Å². The lowest BCUT2D eigenvalue weighted by Crippen LogP contribution is -1.98. The Kier molecular flexibility index (Phi) is 3.65. The average Bonchev–Trinajstić information content (AvgIpc) is 1.78. The number of rotatable bonds is 1. The van der Waals surface area contributed by atoms with Crippen molar-refractivity contribution >= 4 is 58.3 Å². The van der Waals surface area contributed by atoms with Crippen molar-refractivity contribution in [2.45, 2.75) is 11.8 Å². The molecule has 1 aromatic rings. The maximum absolute atomic E-state index is 11.1. The van der Waals surface area contributed by atoms with Crippen LogP contribution in [0.1, 0.15) is 5.56 Å². The molecular weight excluding hydrogens is 390 g/mol. The largest absolute Gasteiger partial charge is 0.262 e. The molecule has 0 heterocycles. The molecule has 72 valence electrons. The zero-order chi connectivity index (χ0) is 10.2. The maximum Gasteiger partial charge on any atom is 0.262 e. The van der Waals surface area contributed by atoms with Crippen LogP contribution in [0.2, 0.25) is 0 Å². The molecule has 0 aromatic heterocycles. The van der Waals surface area contributed by atoms with E-state index in [1.165, 1.54) is 0 Å². The Bertz CT molecular complexity index is 421. The van der Waals surface area contributed by atoms with Crippen LogP contribution in [0.25, 0.3) is 0 Å². The van der Waals surface area contributed by atoms with Crippen LogP contribution in [-0.2, 0) is 9.05 Å². The second-order valence-corrected chi connectivity index (χ2v) is 7.05. The highest BCUT2D eigenvalue weighted by Crippen LogP contribution is 2.28. The van der Waals surface area contributed by atoms with Crippen LogP contribution < -0.4 is 0 Å². The van der Waals surface area contributed by atoms with Gasteiger partial charge in [-0.3, -0.25) is 0 Å². The van der Waals surface area contributed by atoms with Gasteiger partial charge in [-0.25, -0.2) is 8.42 Å². The van der Waals surface area contributed by atoms with Crippen molar-refractivity contribution in [1.29, 1.82) is 0 Å². The van der Waals surface area contributed by atoms with E-state index in [0.717, 1.165) is 4.47 Å². The fourth-order valence-corrected chi connectivity index (χ4v) is 5.37. The fourth-order valence-electron chi connectivity index (χ4n) is 0.998. The molecule has 0 amide bonds. The molecule has 2 nitrogen and oxygen atoms in total. The van der Waals surface area contributed by atoms with Gasteiger partial charge in [0.25, 0.3) is 9.05 Å². The second kappa shape index (κ2) is 4.04. The molecule has 0 radical (unpaired) electrons. The van der Waals surface area contributed by atoms with Crippen molar-refractivity contribution in [1.82, 2.24) is 0 Å². The van der Waals surface area contributed by atoms with Crippen molar-refractivity contribution in [2.75, 3.05) is 0 Å². The van der Waals surface area contributed by atoms with Crippen molar-refractivity contribution < 1.29 is 8.42 Å². The van der Waals surface area contributed by atoms with E-state index in [1.807, 2.05) is 22.6 Å². The molecule has 0 N–H and O–H groups in total. The van der Waals surface area contributed by atoms with Crippen LogP contribution in [0.5, 0.6) is 0 Å². The summed E-state index contributed by atoms with van der Waals surface area (Å²) in [5.41, 5.74) is 0.647. The molecule has 0 bridgehead atoms. The molecule has 0 aliphatic carbocycles. The Balaban J connectivity index is 3.57. The minimum atomic E-state index is -3.64. The molecule has 0 unspecified atom stereocenters. The number of benzene rings is 1. The van der Waals surface area contributed by atoms with Crippen molar-refractivity contribution in [3.8, 4) is 0 Å². The summed E-state index contributed by atoms with van der Waals surface area (Å²) in [5.74, 6) is 0. The van der Waals surface area contributed by atoms with Gasteiger partial charge in [-0.1, -0.05) is 15.9 Å². The Morgan fingerprint density at radius 3 is 2.38 bits per heavy atom. The smallest absolute Gasteiger partial charge is 0.207 e. The Morgan fingerprint density at radius 2 is 2.00 bits per heavy atom. The number of halogens is 3. The van der Waals surface area contributed by atoms with E-state index in [4.69, 9.17) is 10.7 Å². The molecule has 1 rings (SSSR count). The fraction of sp³-hybridized carbons (Fsp3) is 0.143. The van der Waals surface area contributed by atoms with Gasteiger partial charge in [0, 0.05) is 18.7 Å². The SMILES string of the molecule is Cc1cc(Br)cc(I)c1S(=O)(=O)Cl. The minimum absolute atomic E-state index is 0.193. The summed E-state index contributed by atoms with van der Waals surface area (Å²) in [6, 6.07) is 3.43. The Labute approximate surface area is 103 Å². The molecular formula is C7H5BrClIO2S. The molecule has 6 heteroatoms. The van der Waals surface area contributed by atoms with Gasteiger partial charge in [-0.15, -0.1) is 0 Å². The first-order valence-electron chi connectivity index (χ1n) is 3.22. The second-order valence-electron chi connectivity index (χ2n) is 2.47. The summed E-state index contributed by atoms with van der Waals surface area (Å²) in [7, 11) is 1.64. The minimum Gasteiger partial charge on any atom is -0.207 e. The molecule has 0 spiro atoms. The monoisotopic (exact) mass is 394 g/mol. The summed E-state index contributed by atoms with van der Waals surface area (Å²) < 4.78 is 23.7. The van der Waals surface area contributed by atoms with Crippen LogP contribution in [0.4, 0.5) is 0 Å². The molecule has 0 aliphatic heterocycles. The quantitative estimate of drug-likeness (QED) is 0.540. The van der Waals surface area contributed by atoms with E-state index in [0.29, 0.717) is 9.13 Å². The highest BCUT2D eigenvalue weighted by atomic mass is 127. The van der Waals surface area contributed by atoms with E-state index in [2.05, 4.69) is 15.9 Å². The van der Waals surface area contributed by atoms with Crippen molar-refractivity contribution in [3.63, 3.8) is 0 Å². The lowest BCUT2D eigenvalue weighted by molar-refractivity contribution is 0.608. The number of hydrogen-bond acceptors (Lipinski definition) is 2. The molecule has 0 saturated carbocycles. The van der Waals surface area contributed by atoms with Gasteiger partial charge in [0.1, 0.15) is 0 Å². The molecule has 13 heavy (non-hydrogen) atoms. The van der Waals surface area contributed by atoms with Gasteiger partial charge in [-0.05, 0) is 47.2 Å². The zero-order valence-corrected chi connectivity index (χ0v) is 11.8. The third-order valence-electron chi connectivity index (χ3n) is 1.44. The highest BCUT2D eigenvalue weighted by molar-refractivity contribution is 14.1. The van der Waals surface area contributed by atoms with E-state index < -0.39 is 9.05 Å². The summed E-state index contributed by atoms with van der Waals surface area (Å²) >= 11 is 5.21. The molecule has 0 saturated heterocycles. The molecule has 0 fully saturated rings. The van der Waals surface area contributed by atoms with Crippen LogP contribution in [0.3, 0.4) is 0 Å². The zero-order valence-electron chi connectivity index (χ0n) is 6.51. The molecule has 1 aromatic carbocycles. The Morgan fingerprint density at radius 1 is 1.46 bits per heavy atom. The van der Waals surface area contributed by atoms with E-state index in [-0.39, 0.29) is 4.90 Å². The van der Waals surface area contributed by atoms with E-state index in [1.54, 1.807) is 19.1 Å². The average molecular weight is 395 g/mol. The van der Waals surface area contributed by atoms with Crippen molar-refractivity contribution in [3.05, 3.63) is 25.7 Å². The van der Waals surface area contributed by atoms with Crippen LogP contribution in [0.15, 0.2) is 21.5 Å². The Hall–Kier alpha value is 0.670. The first-order valence-corrected chi connectivity index (χ1v) is 7.41.